The summed E-state index contributed by atoms with van der Waals surface area (Å²) in [6, 6.07) is 2.62. The van der Waals surface area contributed by atoms with Crippen molar-refractivity contribution in [3.05, 3.63) is 62.7 Å². The van der Waals surface area contributed by atoms with Crippen molar-refractivity contribution in [1.29, 1.82) is 0 Å². The van der Waals surface area contributed by atoms with Gasteiger partial charge >= 0.3 is 6.18 Å². The van der Waals surface area contributed by atoms with Crippen molar-refractivity contribution in [3.8, 4) is 0 Å². The van der Waals surface area contributed by atoms with Gasteiger partial charge in [0.25, 0.3) is 0 Å². The maximum Gasteiger partial charge on any atom is 0.416 e. The third kappa shape index (κ3) is 3.16. The fourth-order valence-electron chi connectivity index (χ4n) is 2.17. The molecule has 1 aromatic carbocycles. The van der Waals surface area contributed by atoms with E-state index in [2.05, 4.69) is 31.2 Å². The van der Waals surface area contributed by atoms with Crippen LogP contribution in [0.15, 0.2) is 40.9 Å². The minimum atomic E-state index is -4.55. The van der Waals surface area contributed by atoms with E-state index in [9.17, 15) is 22.8 Å². The van der Waals surface area contributed by atoms with Crippen LogP contribution in [0.3, 0.4) is 0 Å². The van der Waals surface area contributed by atoms with Gasteiger partial charge in [0, 0.05) is 6.20 Å². The van der Waals surface area contributed by atoms with E-state index >= 15 is 0 Å². The lowest BCUT2D eigenvalue weighted by Gasteiger charge is -2.19. The fourth-order valence-corrected chi connectivity index (χ4v) is 2.86. The number of nitrogens with one attached hydrogen (secondary N) is 1. The van der Waals surface area contributed by atoms with Gasteiger partial charge in [-0.3, -0.25) is 9.59 Å². The molecule has 2 aromatic rings. The van der Waals surface area contributed by atoms with Crippen LogP contribution in [0.5, 0.6) is 0 Å². The van der Waals surface area contributed by atoms with Gasteiger partial charge < -0.3 is 5.32 Å². The highest BCUT2D eigenvalue weighted by atomic mass is 79.9. The molecule has 0 saturated carbocycles. The highest BCUT2D eigenvalue weighted by Crippen LogP contribution is 2.35. The number of Topliss-reactive ketones (excluding diaryl/α,β-unsaturated/α-hetero) is 2. The molecular formula is C15H6BrClF3N3O2. The van der Waals surface area contributed by atoms with Gasteiger partial charge in [0.15, 0.2) is 0 Å². The van der Waals surface area contributed by atoms with Gasteiger partial charge in [0.05, 0.1) is 26.3 Å². The Morgan fingerprint density at radius 2 is 1.88 bits per heavy atom. The average molecular weight is 433 g/mol. The molecule has 0 aliphatic heterocycles. The number of hydrogen-bond donors (Lipinski definition) is 1. The molecule has 0 saturated heterocycles. The molecule has 0 spiro atoms. The van der Waals surface area contributed by atoms with Crippen LogP contribution >= 0.6 is 27.5 Å². The zero-order valence-corrected chi connectivity index (χ0v) is 14.3. The number of allylic oxidation sites excluding steroid dienone is 2. The molecule has 1 aliphatic rings. The van der Waals surface area contributed by atoms with Crippen LogP contribution < -0.4 is 5.32 Å². The lowest BCUT2D eigenvalue weighted by molar-refractivity contribution is -0.137. The number of fused-ring (bicyclic) bond motifs is 1. The Balaban J connectivity index is 2.00. The van der Waals surface area contributed by atoms with E-state index in [0.717, 1.165) is 24.5 Å². The van der Waals surface area contributed by atoms with Gasteiger partial charge in [-0.1, -0.05) is 11.6 Å². The van der Waals surface area contributed by atoms with Crippen molar-refractivity contribution in [1.82, 2.24) is 9.97 Å². The van der Waals surface area contributed by atoms with Crippen LogP contribution in [0, 0.1) is 0 Å². The Morgan fingerprint density at radius 1 is 1.16 bits per heavy atom. The van der Waals surface area contributed by atoms with Gasteiger partial charge in [-0.05, 0) is 34.1 Å². The molecule has 128 valence electrons. The Kier molecular flexibility index (Phi) is 4.38. The van der Waals surface area contributed by atoms with Crippen molar-refractivity contribution in [2.45, 2.75) is 6.18 Å². The summed E-state index contributed by atoms with van der Waals surface area (Å²) >= 11 is 8.89. The SMILES string of the molecule is O=C1C(Nc2ccc(C(F)(F)F)cc2Cl)=C(Br)C(=O)c2ncncc21. The molecule has 0 unspecified atom stereocenters. The fraction of sp³-hybridized carbons (Fsp3) is 0.0667. The lowest BCUT2D eigenvalue weighted by atomic mass is 9.98. The maximum atomic E-state index is 12.7. The minimum absolute atomic E-state index is 0.0127. The monoisotopic (exact) mass is 431 g/mol. The van der Waals surface area contributed by atoms with Gasteiger partial charge in [-0.2, -0.15) is 13.2 Å². The number of rotatable bonds is 2. The molecule has 0 fully saturated rings. The lowest BCUT2D eigenvalue weighted by Crippen LogP contribution is -2.25. The second-order valence-corrected chi connectivity index (χ2v) is 6.15. The number of alkyl halides is 3. The van der Waals surface area contributed by atoms with Gasteiger partial charge in [-0.25, -0.2) is 9.97 Å². The minimum Gasteiger partial charge on any atom is -0.350 e. The average Bonchev–Trinajstić information content (AvgIpc) is 2.57. The number of benzene rings is 1. The van der Waals surface area contributed by atoms with Crippen molar-refractivity contribution < 1.29 is 22.8 Å². The summed E-state index contributed by atoms with van der Waals surface area (Å²) in [7, 11) is 0. The molecule has 3 rings (SSSR count). The summed E-state index contributed by atoms with van der Waals surface area (Å²) in [5, 5.41) is 2.35. The number of carbonyl (C=O) groups excluding carboxylic acids is 2. The van der Waals surface area contributed by atoms with E-state index in [1.807, 2.05) is 0 Å². The first-order valence-corrected chi connectivity index (χ1v) is 7.80. The molecular weight excluding hydrogens is 427 g/mol. The van der Waals surface area contributed by atoms with E-state index in [4.69, 9.17) is 11.6 Å². The number of hydrogen-bond acceptors (Lipinski definition) is 5. The number of halogens is 5. The Labute approximate surface area is 152 Å². The molecule has 0 atom stereocenters. The molecule has 0 amide bonds. The van der Waals surface area contributed by atoms with Crippen LogP contribution in [-0.2, 0) is 6.18 Å². The first-order valence-electron chi connectivity index (χ1n) is 6.63. The first-order chi connectivity index (χ1) is 11.7. The molecule has 5 nitrogen and oxygen atoms in total. The number of aromatic nitrogens is 2. The predicted molar refractivity (Wildman–Crippen MR) is 86.7 cm³/mol. The zero-order valence-electron chi connectivity index (χ0n) is 12.0. The number of ketones is 2. The summed E-state index contributed by atoms with van der Waals surface area (Å²) in [4.78, 5) is 32.3. The smallest absolute Gasteiger partial charge is 0.350 e. The third-order valence-corrected chi connectivity index (χ3v) is 4.44. The summed E-state index contributed by atoms with van der Waals surface area (Å²) in [6.07, 6.45) is -2.22. The molecule has 25 heavy (non-hydrogen) atoms. The van der Waals surface area contributed by atoms with Crippen LogP contribution in [0.25, 0.3) is 0 Å². The summed E-state index contributed by atoms with van der Waals surface area (Å²) in [5.74, 6) is -1.14. The van der Waals surface area contributed by atoms with Crippen LogP contribution in [0.1, 0.15) is 26.4 Å². The van der Waals surface area contributed by atoms with Crippen molar-refractivity contribution >= 4 is 44.8 Å². The molecule has 1 aromatic heterocycles. The molecule has 0 bridgehead atoms. The van der Waals surface area contributed by atoms with Crippen molar-refractivity contribution in [3.63, 3.8) is 0 Å². The number of anilines is 1. The summed E-state index contributed by atoms with van der Waals surface area (Å²) in [5.41, 5.74) is -1.12. The van der Waals surface area contributed by atoms with Crippen LogP contribution in [-0.4, -0.2) is 21.5 Å². The van der Waals surface area contributed by atoms with Crippen LogP contribution in [0.4, 0.5) is 18.9 Å². The van der Waals surface area contributed by atoms with Gasteiger partial charge in [0.2, 0.25) is 11.6 Å². The Hall–Kier alpha value is -2.26. The molecule has 10 heteroatoms. The quantitative estimate of drug-likeness (QED) is 0.768. The summed E-state index contributed by atoms with van der Waals surface area (Å²) < 4.78 is 38.0. The third-order valence-electron chi connectivity index (χ3n) is 3.37. The van der Waals surface area contributed by atoms with E-state index in [1.54, 1.807) is 0 Å². The van der Waals surface area contributed by atoms with E-state index < -0.39 is 23.3 Å². The van der Waals surface area contributed by atoms with E-state index in [1.165, 1.54) is 6.20 Å². The topological polar surface area (TPSA) is 72.0 Å². The predicted octanol–water partition coefficient (Wildman–Crippen LogP) is 4.25. The first kappa shape index (κ1) is 17.6. The number of nitrogens with zero attached hydrogens (tertiary/aromatic N) is 2. The molecule has 1 N–H and O–H groups in total. The Bertz CT molecular complexity index is 944. The van der Waals surface area contributed by atoms with Gasteiger partial charge in [0.1, 0.15) is 17.7 Å². The highest BCUT2D eigenvalue weighted by molar-refractivity contribution is 9.12. The number of carbonyl (C=O) groups is 2. The van der Waals surface area contributed by atoms with Crippen LogP contribution in [0.2, 0.25) is 5.02 Å². The summed E-state index contributed by atoms with van der Waals surface area (Å²) in [6.45, 7) is 0. The maximum absolute atomic E-state index is 12.7. The molecule has 1 heterocycles. The highest BCUT2D eigenvalue weighted by Gasteiger charge is 2.34. The molecule has 1 aliphatic carbocycles. The van der Waals surface area contributed by atoms with Crippen molar-refractivity contribution in [2.75, 3.05) is 5.32 Å². The normalized spacial score (nSPS) is 14.6. The van der Waals surface area contributed by atoms with E-state index in [0.29, 0.717) is 0 Å². The standard InChI is InChI=1S/C15H6BrClF3N3O2/c16-10-12(13(24)7-4-21-5-22-11(7)14(10)25)23-9-2-1-6(3-8(9)17)15(18,19)20/h1-5,23H. The van der Waals surface area contributed by atoms with Crippen molar-refractivity contribution in [2.24, 2.45) is 0 Å². The molecule has 0 radical (unpaired) electrons. The van der Waals surface area contributed by atoms with Gasteiger partial charge in [-0.15, -0.1) is 0 Å². The largest absolute Gasteiger partial charge is 0.416 e. The van der Waals surface area contributed by atoms with E-state index in [-0.39, 0.29) is 32.1 Å². The zero-order chi connectivity index (χ0) is 18.4. The second-order valence-electron chi connectivity index (χ2n) is 4.95. The Morgan fingerprint density at radius 3 is 2.52 bits per heavy atom. The second kappa shape index (κ2) is 6.23.